The topological polar surface area (TPSA) is 46.3 Å². The van der Waals surface area contributed by atoms with Crippen LogP contribution in [-0.2, 0) is 4.79 Å². The van der Waals surface area contributed by atoms with Crippen molar-refractivity contribution in [1.29, 1.82) is 0 Å². The number of hydrogen-bond donors (Lipinski definition) is 1. The SMILES string of the molecule is CC.CC(C)C(=O)C(N)CCN1CCCCC1. The van der Waals surface area contributed by atoms with E-state index in [2.05, 4.69) is 4.90 Å². The molecule has 0 aromatic heterocycles. The molecule has 1 aliphatic rings. The third-order valence-corrected chi connectivity index (χ3v) is 3.14. The molecule has 2 N–H and O–H groups in total. The van der Waals surface area contributed by atoms with Crippen LogP contribution in [0.5, 0.6) is 0 Å². The maximum atomic E-state index is 11.6. The van der Waals surface area contributed by atoms with E-state index in [-0.39, 0.29) is 17.7 Å². The summed E-state index contributed by atoms with van der Waals surface area (Å²) in [5, 5.41) is 0. The quantitative estimate of drug-likeness (QED) is 0.805. The largest absolute Gasteiger partial charge is 0.321 e. The van der Waals surface area contributed by atoms with Crippen LogP contribution < -0.4 is 5.73 Å². The van der Waals surface area contributed by atoms with Crippen LogP contribution in [0.25, 0.3) is 0 Å². The van der Waals surface area contributed by atoms with E-state index < -0.39 is 0 Å². The van der Waals surface area contributed by atoms with Crippen LogP contribution >= 0.6 is 0 Å². The lowest BCUT2D eigenvalue weighted by molar-refractivity contribution is -0.123. The fourth-order valence-electron chi connectivity index (χ4n) is 2.08. The van der Waals surface area contributed by atoms with Gasteiger partial charge in [0.2, 0.25) is 0 Å². The molecular formula is C14H30N2O. The summed E-state index contributed by atoms with van der Waals surface area (Å²) < 4.78 is 0. The molecule has 0 aromatic carbocycles. The van der Waals surface area contributed by atoms with Crippen LogP contribution in [0, 0.1) is 5.92 Å². The van der Waals surface area contributed by atoms with Gasteiger partial charge in [-0.05, 0) is 32.4 Å². The zero-order valence-electron chi connectivity index (χ0n) is 12.0. The predicted molar refractivity (Wildman–Crippen MR) is 74.1 cm³/mol. The van der Waals surface area contributed by atoms with Gasteiger partial charge >= 0.3 is 0 Å². The average Bonchev–Trinajstić information content (AvgIpc) is 2.38. The van der Waals surface area contributed by atoms with Crippen LogP contribution in [0.1, 0.15) is 53.4 Å². The normalized spacial score (nSPS) is 18.5. The minimum atomic E-state index is -0.257. The molecular weight excluding hydrogens is 212 g/mol. The molecule has 0 amide bonds. The van der Waals surface area contributed by atoms with Gasteiger partial charge in [-0.1, -0.05) is 34.1 Å². The number of rotatable bonds is 5. The Morgan fingerprint density at radius 3 is 2.18 bits per heavy atom. The Morgan fingerprint density at radius 2 is 1.71 bits per heavy atom. The third kappa shape index (κ3) is 6.79. The van der Waals surface area contributed by atoms with E-state index in [0.717, 1.165) is 13.0 Å². The summed E-state index contributed by atoms with van der Waals surface area (Å²) >= 11 is 0. The molecule has 102 valence electrons. The highest BCUT2D eigenvalue weighted by molar-refractivity contribution is 5.85. The maximum Gasteiger partial charge on any atom is 0.152 e. The van der Waals surface area contributed by atoms with Gasteiger partial charge in [0.25, 0.3) is 0 Å². The first kappa shape index (κ1) is 16.6. The number of Topliss-reactive ketones (excluding diaryl/α,β-unsaturated/α-hetero) is 1. The van der Waals surface area contributed by atoms with Crippen LogP contribution in [0.4, 0.5) is 0 Å². The number of carbonyl (C=O) groups is 1. The molecule has 1 fully saturated rings. The van der Waals surface area contributed by atoms with Gasteiger partial charge in [-0.3, -0.25) is 4.79 Å². The molecule has 0 bridgehead atoms. The molecule has 1 atom stereocenters. The molecule has 0 aliphatic carbocycles. The van der Waals surface area contributed by atoms with Gasteiger partial charge in [0.15, 0.2) is 5.78 Å². The molecule has 0 radical (unpaired) electrons. The van der Waals surface area contributed by atoms with Crippen molar-refractivity contribution in [2.45, 2.75) is 59.4 Å². The fourth-order valence-corrected chi connectivity index (χ4v) is 2.08. The van der Waals surface area contributed by atoms with E-state index in [0.29, 0.717) is 0 Å². The summed E-state index contributed by atoms with van der Waals surface area (Å²) in [7, 11) is 0. The second kappa shape index (κ2) is 9.60. The summed E-state index contributed by atoms with van der Waals surface area (Å²) in [5.74, 6) is 0.272. The van der Waals surface area contributed by atoms with Crippen molar-refractivity contribution in [3.05, 3.63) is 0 Å². The van der Waals surface area contributed by atoms with Crippen LogP contribution in [0.15, 0.2) is 0 Å². The number of nitrogens with zero attached hydrogens (tertiary/aromatic N) is 1. The summed E-state index contributed by atoms with van der Waals surface area (Å²) in [6, 6.07) is -0.257. The Kier molecular flexibility index (Phi) is 9.37. The standard InChI is InChI=1S/C12H24N2O.C2H6/c1-10(2)12(15)11(13)6-9-14-7-4-3-5-8-14;1-2/h10-11H,3-9,13H2,1-2H3;1-2H3. The molecule has 1 aliphatic heterocycles. The first-order chi connectivity index (χ1) is 8.11. The highest BCUT2D eigenvalue weighted by atomic mass is 16.1. The van der Waals surface area contributed by atoms with Crippen LogP contribution in [-0.4, -0.2) is 36.4 Å². The number of piperidine rings is 1. The van der Waals surface area contributed by atoms with E-state index in [1.54, 1.807) is 0 Å². The molecule has 0 spiro atoms. The van der Waals surface area contributed by atoms with Crippen molar-refractivity contribution in [2.24, 2.45) is 11.7 Å². The Morgan fingerprint density at radius 1 is 1.18 bits per heavy atom. The summed E-state index contributed by atoms with van der Waals surface area (Å²) in [6.07, 6.45) is 4.77. The molecule has 0 saturated carbocycles. The smallest absolute Gasteiger partial charge is 0.152 e. The first-order valence-electron chi connectivity index (χ1n) is 7.13. The van der Waals surface area contributed by atoms with Gasteiger partial charge in [0, 0.05) is 12.5 Å². The second-order valence-corrected chi connectivity index (χ2v) is 4.85. The monoisotopic (exact) mass is 242 g/mol. The van der Waals surface area contributed by atoms with Crippen molar-refractivity contribution >= 4 is 5.78 Å². The maximum absolute atomic E-state index is 11.6. The van der Waals surface area contributed by atoms with Crippen LogP contribution in [0.2, 0.25) is 0 Å². The van der Waals surface area contributed by atoms with Gasteiger partial charge in [-0.15, -0.1) is 0 Å². The van der Waals surface area contributed by atoms with E-state index in [4.69, 9.17) is 5.73 Å². The molecule has 1 heterocycles. The zero-order valence-corrected chi connectivity index (χ0v) is 12.0. The van der Waals surface area contributed by atoms with Crippen molar-refractivity contribution in [2.75, 3.05) is 19.6 Å². The lowest BCUT2D eigenvalue weighted by atomic mass is 9.99. The van der Waals surface area contributed by atoms with Gasteiger partial charge in [0.1, 0.15) is 0 Å². The molecule has 17 heavy (non-hydrogen) atoms. The average molecular weight is 242 g/mol. The number of ketones is 1. The molecule has 3 heteroatoms. The molecule has 3 nitrogen and oxygen atoms in total. The molecule has 1 saturated heterocycles. The predicted octanol–water partition coefficient (Wildman–Crippen LogP) is 2.44. The van der Waals surface area contributed by atoms with Crippen molar-refractivity contribution in [3.8, 4) is 0 Å². The fraction of sp³-hybridized carbons (Fsp3) is 0.929. The minimum absolute atomic E-state index is 0.0707. The zero-order chi connectivity index (χ0) is 13.3. The van der Waals surface area contributed by atoms with E-state index >= 15 is 0 Å². The first-order valence-corrected chi connectivity index (χ1v) is 7.13. The minimum Gasteiger partial charge on any atom is -0.321 e. The number of likely N-dealkylation sites (tertiary alicyclic amines) is 1. The number of nitrogens with two attached hydrogens (primary N) is 1. The van der Waals surface area contributed by atoms with Gasteiger partial charge in [-0.2, -0.15) is 0 Å². The lowest BCUT2D eigenvalue weighted by Gasteiger charge is -2.27. The molecule has 0 aromatic rings. The highest BCUT2D eigenvalue weighted by Gasteiger charge is 2.18. The third-order valence-electron chi connectivity index (χ3n) is 3.14. The van der Waals surface area contributed by atoms with E-state index in [1.165, 1.54) is 32.4 Å². The van der Waals surface area contributed by atoms with Crippen molar-refractivity contribution in [1.82, 2.24) is 4.90 Å². The van der Waals surface area contributed by atoms with E-state index in [9.17, 15) is 4.79 Å². The van der Waals surface area contributed by atoms with Crippen molar-refractivity contribution < 1.29 is 4.79 Å². The Bertz CT molecular complexity index is 198. The van der Waals surface area contributed by atoms with E-state index in [1.807, 2.05) is 27.7 Å². The second-order valence-electron chi connectivity index (χ2n) is 4.85. The Balaban J connectivity index is 0.00000121. The highest BCUT2D eigenvalue weighted by Crippen LogP contribution is 2.10. The van der Waals surface area contributed by atoms with Gasteiger partial charge in [-0.25, -0.2) is 0 Å². The van der Waals surface area contributed by atoms with Gasteiger partial charge < -0.3 is 10.6 Å². The molecule has 1 unspecified atom stereocenters. The number of hydrogen-bond acceptors (Lipinski definition) is 3. The Labute approximate surface area is 107 Å². The van der Waals surface area contributed by atoms with Crippen molar-refractivity contribution in [3.63, 3.8) is 0 Å². The van der Waals surface area contributed by atoms with Gasteiger partial charge in [0.05, 0.1) is 6.04 Å². The Hall–Kier alpha value is -0.410. The number of carbonyl (C=O) groups excluding carboxylic acids is 1. The van der Waals surface area contributed by atoms with Crippen LogP contribution in [0.3, 0.4) is 0 Å². The molecule has 1 rings (SSSR count). The summed E-state index contributed by atoms with van der Waals surface area (Å²) in [5.41, 5.74) is 5.86. The summed E-state index contributed by atoms with van der Waals surface area (Å²) in [4.78, 5) is 14.0. The summed E-state index contributed by atoms with van der Waals surface area (Å²) in [6.45, 7) is 11.2. The lowest BCUT2D eigenvalue weighted by Crippen LogP contribution is -2.39.